The summed E-state index contributed by atoms with van der Waals surface area (Å²) in [6, 6.07) is 7.86. The number of carbonyl (C=O) groups excluding carboxylic acids is 1. The number of ether oxygens (including phenoxy) is 1. The Hall–Kier alpha value is -1.55. The Morgan fingerprint density at radius 1 is 1.30 bits per heavy atom. The minimum absolute atomic E-state index is 0.00777. The molecule has 0 aliphatic heterocycles. The first kappa shape index (κ1) is 14.9. The Morgan fingerprint density at radius 3 is 2.70 bits per heavy atom. The van der Waals surface area contributed by atoms with Gasteiger partial charge < -0.3 is 15.4 Å². The van der Waals surface area contributed by atoms with Gasteiger partial charge in [-0.05, 0) is 43.0 Å². The number of anilines is 1. The lowest BCUT2D eigenvalue weighted by Crippen LogP contribution is -2.38. The fourth-order valence-corrected chi connectivity index (χ4v) is 2.74. The summed E-state index contributed by atoms with van der Waals surface area (Å²) in [5, 5.41) is 6.24. The molecule has 0 bridgehead atoms. The van der Waals surface area contributed by atoms with Gasteiger partial charge in [0.05, 0.1) is 13.7 Å². The number of nitrogens with one attached hydrogen (secondary N) is 2. The third kappa shape index (κ3) is 4.53. The molecule has 0 aromatic heterocycles. The highest BCUT2D eigenvalue weighted by Gasteiger charge is 2.18. The zero-order valence-corrected chi connectivity index (χ0v) is 12.3. The van der Waals surface area contributed by atoms with Crippen LogP contribution >= 0.6 is 0 Å². The van der Waals surface area contributed by atoms with Crippen molar-refractivity contribution in [3.63, 3.8) is 0 Å². The lowest BCUT2D eigenvalue weighted by Gasteiger charge is -2.27. The first-order valence-electron chi connectivity index (χ1n) is 7.34. The number of benzene rings is 1. The smallest absolute Gasteiger partial charge is 0.238 e. The molecule has 2 unspecified atom stereocenters. The van der Waals surface area contributed by atoms with Crippen molar-refractivity contribution < 1.29 is 9.53 Å². The molecule has 2 atom stereocenters. The average Bonchev–Trinajstić information content (AvgIpc) is 2.46. The highest BCUT2D eigenvalue weighted by molar-refractivity contribution is 5.92. The molecule has 20 heavy (non-hydrogen) atoms. The summed E-state index contributed by atoms with van der Waals surface area (Å²) in [6.45, 7) is 2.66. The van der Waals surface area contributed by atoms with Crippen molar-refractivity contribution in [2.24, 2.45) is 5.92 Å². The van der Waals surface area contributed by atoms with E-state index >= 15 is 0 Å². The van der Waals surface area contributed by atoms with Gasteiger partial charge in [-0.25, -0.2) is 0 Å². The maximum absolute atomic E-state index is 11.9. The van der Waals surface area contributed by atoms with Gasteiger partial charge in [0.2, 0.25) is 5.91 Å². The highest BCUT2D eigenvalue weighted by atomic mass is 16.5. The summed E-state index contributed by atoms with van der Waals surface area (Å²) < 4.78 is 5.09. The minimum Gasteiger partial charge on any atom is -0.497 e. The average molecular weight is 276 g/mol. The van der Waals surface area contributed by atoms with Crippen LogP contribution in [0.3, 0.4) is 0 Å². The Bertz CT molecular complexity index is 431. The van der Waals surface area contributed by atoms with Gasteiger partial charge in [0.1, 0.15) is 5.75 Å². The molecule has 4 nitrogen and oxygen atoms in total. The molecule has 0 spiro atoms. The summed E-state index contributed by atoms with van der Waals surface area (Å²) in [6.07, 6.45) is 4.94. The van der Waals surface area contributed by atoms with E-state index in [9.17, 15) is 4.79 Å². The molecular weight excluding hydrogens is 252 g/mol. The van der Waals surface area contributed by atoms with Crippen molar-refractivity contribution in [3.8, 4) is 5.75 Å². The molecule has 1 fully saturated rings. The van der Waals surface area contributed by atoms with Crippen molar-refractivity contribution >= 4 is 11.6 Å². The van der Waals surface area contributed by atoms with Crippen LogP contribution in [-0.2, 0) is 4.79 Å². The summed E-state index contributed by atoms with van der Waals surface area (Å²) in [7, 11) is 1.63. The lowest BCUT2D eigenvalue weighted by atomic mass is 9.87. The zero-order valence-electron chi connectivity index (χ0n) is 12.3. The predicted octanol–water partition coefficient (Wildman–Crippen LogP) is 2.80. The standard InChI is InChI=1S/C16H24N2O2/c1-12-4-3-5-14(10-12)17-11-16(19)18-13-6-8-15(20-2)9-7-13/h6-9,12,14,17H,3-5,10-11H2,1-2H3,(H,18,19). The fraction of sp³-hybridized carbons (Fsp3) is 0.562. The highest BCUT2D eigenvalue weighted by Crippen LogP contribution is 2.23. The monoisotopic (exact) mass is 276 g/mol. The van der Waals surface area contributed by atoms with E-state index in [0.717, 1.165) is 17.4 Å². The molecule has 4 heteroatoms. The van der Waals surface area contributed by atoms with Crippen LogP contribution in [0.4, 0.5) is 5.69 Å². The van der Waals surface area contributed by atoms with Gasteiger partial charge in [-0.3, -0.25) is 4.79 Å². The maximum Gasteiger partial charge on any atom is 0.238 e. The van der Waals surface area contributed by atoms with Crippen molar-refractivity contribution in [3.05, 3.63) is 24.3 Å². The van der Waals surface area contributed by atoms with E-state index in [1.807, 2.05) is 24.3 Å². The van der Waals surface area contributed by atoms with Gasteiger partial charge in [0.25, 0.3) is 0 Å². The topological polar surface area (TPSA) is 50.4 Å². The summed E-state index contributed by atoms with van der Waals surface area (Å²) >= 11 is 0. The quantitative estimate of drug-likeness (QED) is 0.869. The van der Waals surface area contributed by atoms with Crippen molar-refractivity contribution in [1.29, 1.82) is 0 Å². The molecule has 1 aromatic rings. The molecule has 1 amide bonds. The van der Waals surface area contributed by atoms with Crippen LogP contribution in [0.1, 0.15) is 32.6 Å². The van der Waals surface area contributed by atoms with Crippen LogP contribution in [0.5, 0.6) is 5.75 Å². The minimum atomic E-state index is 0.00777. The Kier molecular flexibility index (Phi) is 5.41. The second kappa shape index (κ2) is 7.29. The van der Waals surface area contributed by atoms with E-state index in [1.165, 1.54) is 25.7 Å². The van der Waals surface area contributed by atoms with Gasteiger partial charge in [-0.2, -0.15) is 0 Å². The van der Waals surface area contributed by atoms with E-state index in [0.29, 0.717) is 12.6 Å². The molecule has 2 N–H and O–H groups in total. The summed E-state index contributed by atoms with van der Waals surface area (Å²) in [5.41, 5.74) is 0.801. The number of rotatable bonds is 5. The van der Waals surface area contributed by atoms with E-state index in [1.54, 1.807) is 7.11 Å². The second-order valence-corrected chi connectivity index (χ2v) is 5.63. The van der Waals surface area contributed by atoms with Gasteiger partial charge >= 0.3 is 0 Å². The second-order valence-electron chi connectivity index (χ2n) is 5.63. The fourth-order valence-electron chi connectivity index (χ4n) is 2.74. The van der Waals surface area contributed by atoms with Gasteiger partial charge in [0.15, 0.2) is 0 Å². The van der Waals surface area contributed by atoms with E-state index in [-0.39, 0.29) is 5.91 Å². The van der Waals surface area contributed by atoms with E-state index in [2.05, 4.69) is 17.6 Å². The third-order valence-electron chi connectivity index (χ3n) is 3.86. The number of hydrogen-bond acceptors (Lipinski definition) is 3. The van der Waals surface area contributed by atoms with Crippen molar-refractivity contribution in [2.45, 2.75) is 38.6 Å². The van der Waals surface area contributed by atoms with Crippen LogP contribution in [0.25, 0.3) is 0 Å². The molecule has 0 saturated heterocycles. The molecule has 1 aromatic carbocycles. The van der Waals surface area contributed by atoms with E-state index < -0.39 is 0 Å². The normalized spacial score (nSPS) is 22.3. The van der Waals surface area contributed by atoms with Crippen molar-refractivity contribution in [2.75, 3.05) is 19.0 Å². The molecule has 2 rings (SSSR count). The molecule has 1 aliphatic rings. The third-order valence-corrected chi connectivity index (χ3v) is 3.86. The summed E-state index contributed by atoms with van der Waals surface area (Å²) in [4.78, 5) is 11.9. The van der Waals surface area contributed by atoms with E-state index in [4.69, 9.17) is 4.74 Å². The lowest BCUT2D eigenvalue weighted by molar-refractivity contribution is -0.115. The number of amides is 1. The molecule has 110 valence electrons. The first-order chi connectivity index (χ1) is 9.67. The van der Waals surface area contributed by atoms with Crippen molar-refractivity contribution in [1.82, 2.24) is 5.32 Å². The number of methoxy groups -OCH3 is 1. The van der Waals surface area contributed by atoms with Crippen LogP contribution in [-0.4, -0.2) is 25.6 Å². The SMILES string of the molecule is COc1ccc(NC(=O)CNC2CCCC(C)C2)cc1. The van der Waals surface area contributed by atoms with Gasteiger partial charge in [-0.15, -0.1) is 0 Å². The Morgan fingerprint density at radius 2 is 2.05 bits per heavy atom. The van der Waals surface area contributed by atoms with Crippen LogP contribution in [0, 0.1) is 5.92 Å². The van der Waals surface area contributed by atoms with Gasteiger partial charge in [-0.1, -0.05) is 19.8 Å². The summed E-state index contributed by atoms with van der Waals surface area (Å²) in [5.74, 6) is 1.57. The molecular formula is C16H24N2O2. The first-order valence-corrected chi connectivity index (χ1v) is 7.34. The van der Waals surface area contributed by atoms with Crippen LogP contribution < -0.4 is 15.4 Å². The molecule has 1 aliphatic carbocycles. The zero-order chi connectivity index (χ0) is 14.4. The molecule has 0 heterocycles. The van der Waals surface area contributed by atoms with Crippen LogP contribution in [0.2, 0.25) is 0 Å². The predicted molar refractivity (Wildman–Crippen MR) is 81.0 cm³/mol. The Balaban J connectivity index is 1.74. The maximum atomic E-state index is 11.9. The number of carbonyl (C=O) groups is 1. The largest absolute Gasteiger partial charge is 0.497 e. The Labute approximate surface area is 120 Å². The molecule has 1 saturated carbocycles. The van der Waals surface area contributed by atoms with Gasteiger partial charge in [0, 0.05) is 11.7 Å². The molecule has 0 radical (unpaired) electrons. The van der Waals surface area contributed by atoms with Crippen LogP contribution in [0.15, 0.2) is 24.3 Å². The number of hydrogen-bond donors (Lipinski definition) is 2.